The van der Waals surface area contributed by atoms with E-state index in [2.05, 4.69) is 0 Å². The number of alkyl halides is 3. The van der Waals surface area contributed by atoms with Crippen LogP contribution in [0.4, 0.5) is 0 Å². The smallest absolute Gasteiger partial charge is 0.233 e. The van der Waals surface area contributed by atoms with Gasteiger partial charge in [0.05, 0.1) is 6.61 Å². The molecule has 0 aliphatic heterocycles. The molecular formula is C9H20Cl3O3PSi. The third kappa shape index (κ3) is 6.28. The monoisotopic (exact) mass is 340 g/mol. The number of hydrogen-bond acceptors (Lipinski definition) is 3. The Morgan fingerprint density at radius 2 is 1.71 bits per heavy atom. The van der Waals surface area contributed by atoms with Crippen molar-refractivity contribution in [3.8, 4) is 0 Å². The molecule has 0 rings (SSSR count). The van der Waals surface area contributed by atoms with Crippen LogP contribution in [0.15, 0.2) is 0 Å². The lowest BCUT2D eigenvalue weighted by Gasteiger charge is -2.35. The molecule has 0 radical (unpaired) electrons. The van der Waals surface area contributed by atoms with Crippen LogP contribution in [-0.2, 0) is 13.5 Å². The van der Waals surface area contributed by atoms with Gasteiger partial charge in [0.1, 0.15) is 0 Å². The molecule has 0 amide bonds. The van der Waals surface area contributed by atoms with Crippen molar-refractivity contribution in [3.63, 3.8) is 0 Å². The summed E-state index contributed by atoms with van der Waals surface area (Å²) in [5, 5.41) is 0. The van der Waals surface area contributed by atoms with E-state index < -0.39 is 25.3 Å². The van der Waals surface area contributed by atoms with Crippen molar-refractivity contribution in [3.05, 3.63) is 0 Å². The van der Waals surface area contributed by atoms with Crippen molar-refractivity contribution >= 4 is 50.5 Å². The lowest BCUT2D eigenvalue weighted by molar-refractivity contribution is 0.227. The van der Waals surface area contributed by atoms with Gasteiger partial charge in [0.15, 0.2) is 14.2 Å². The van der Waals surface area contributed by atoms with Crippen LogP contribution in [-0.4, -0.2) is 30.7 Å². The van der Waals surface area contributed by atoms with Crippen molar-refractivity contribution in [1.29, 1.82) is 0 Å². The molecule has 0 aromatic rings. The molecule has 8 heteroatoms. The van der Waals surface area contributed by atoms with Gasteiger partial charge in [0.25, 0.3) is 0 Å². The first-order chi connectivity index (χ1) is 7.46. The number of hydrogen-bond donors (Lipinski definition) is 0. The van der Waals surface area contributed by atoms with Crippen LogP contribution < -0.4 is 0 Å². The maximum atomic E-state index is 12.6. The summed E-state index contributed by atoms with van der Waals surface area (Å²) in [4.78, 5) is 0. The normalized spacial score (nSPS) is 18.8. The predicted molar refractivity (Wildman–Crippen MR) is 78.3 cm³/mol. The average molecular weight is 342 g/mol. The summed E-state index contributed by atoms with van der Waals surface area (Å²) < 4.78 is 22.0. The highest BCUT2D eigenvalue weighted by molar-refractivity contribution is 7.60. The van der Waals surface area contributed by atoms with Gasteiger partial charge in [-0.15, -0.1) is 0 Å². The van der Waals surface area contributed by atoms with Gasteiger partial charge < -0.3 is 8.95 Å². The number of rotatable bonds is 6. The maximum absolute atomic E-state index is 12.6. The molecule has 0 bridgehead atoms. The molecule has 0 aromatic heterocycles. The zero-order valence-electron chi connectivity index (χ0n) is 10.8. The molecule has 0 spiro atoms. The Balaban J connectivity index is 5.24. The highest BCUT2D eigenvalue weighted by Crippen LogP contribution is 2.59. The van der Waals surface area contributed by atoms with Crippen LogP contribution >= 0.6 is 42.2 Å². The lowest BCUT2D eigenvalue weighted by atomic mass is 10.8. The van der Waals surface area contributed by atoms with Crippen LogP contribution in [0.25, 0.3) is 0 Å². The number of halogens is 3. The van der Waals surface area contributed by atoms with E-state index in [4.69, 9.17) is 43.8 Å². The van der Waals surface area contributed by atoms with Crippen LogP contribution in [0.3, 0.4) is 0 Å². The molecule has 0 saturated carbocycles. The Labute approximate surface area is 120 Å². The maximum Gasteiger partial charge on any atom is 0.233 e. The lowest BCUT2D eigenvalue weighted by Crippen LogP contribution is -2.40. The van der Waals surface area contributed by atoms with Gasteiger partial charge in [-0.25, -0.2) is 0 Å². The van der Waals surface area contributed by atoms with Crippen molar-refractivity contribution in [2.75, 3.05) is 12.8 Å². The molecule has 0 N–H and O–H groups in total. The first-order valence-corrected chi connectivity index (χ1v) is 11.9. The topological polar surface area (TPSA) is 35.5 Å². The van der Waals surface area contributed by atoms with E-state index in [1.54, 1.807) is 13.8 Å². The van der Waals surface area contributed by atoms with E-state index in [1.807, 2.05) is 19.6 Å². The van der Waals surface area contributed by atoms with Crippen LogP contribution in [0.1, 0.15) is 13.8 Å². The van der Waals surface area contributed by atoms with Crippen LogP contribution in [0.5, 0.6) is 0 Å². The Morgan fingerprint density at radius 1 is 1.24 bits per heavy atom. The molecule has 0 saturated heterocycles. The molecule has 0 aromatic carbocycles. The molecule has 104 valence electrons. The molecule has 17 heavy (non-hydrogen) atoms. The predicted octanol–water partition coefficient (Wildman–Crippen LogP) is 4.87. The van der Waals surface area contributed by atoms with Crippen molar-refractivity contribution in [2.45, 2.75) is 43.1 Å². The molecule has 0 fully saturated rings. The molecule has 2 unspecified atom stereocenters. The second-order valence-electron chi connectivity index (χ2n) is 4.58. The van der Waals surface area contributed by atoms with Gasteiger partial charge in [-0.2, -0.15) is 0 Å². The fraction of sp³-hybridized carbons (Fsp3) is 1.00. The summed E-state index contributed by atoms with van der Waals surface area (Å²) >= 11 is 17.6. The summed E-state index contributed by atoms with van der Waals surface area (Å²) in [6.45, 7) is 9.64. The summed E-state index contributed by atoms with van der Waals surface area (Å²) in [7, 11) is -5.10. The second kappa shape index (κ2) is 6.60. The first kappa shape index (κ1) is 18.2. The fourth-order valence-electron chi connectivity index (χ4n) is 1.25. The van der Waals surface area contributed by atoms with Gasteiger partial charge in [-0.3, -0.25) is 4.57 Å². The Kier molecular flexibility index (Phi) is 7.08. The summed E-state index contributed by atoms with van der Waals surface area (Å²) in [6, 6.07) is 0. The molecule has 0 heterocycles. The SMILES string of the molecule is CCOP(=O)(CC)C(O[Si](C)(C)C)C(Cl)(Cl)Cl. The standard InChI is InChI=1S/C9H20Cl3O3PSi/c1-6-14-16(13,7-2)8(9(10,11)12)15-17(3,4)5/h8H,6-7H2,1-5H3. The summed E-state index contributed by atoms with van der Waals surface area (Å²) in [6.07, 6.45) is 0.282. The fourth-order valence-corrected chi connectivity index (χ4v) is 6.91. The van der Waals surface area contributed by atoms with E-state index in [-0.39, 0.29) is 6.16 Å². The zero-order valence-corrected chi connectivity index (χ0v) is 15.0. The highest BCUT2D eigenvalue weighted by atomic mass is 35.6. The summed E-state index contributed by atoms with van der Waals surface area (Å²) in [5.74, 6) is -1.00. The molecular weight excluding hydrogens is 322 g/mol. The zero-order chi connectivity index (χ0) is 13.9. The van der Waals surface area contributed by atoms with E-state index >= 15 is 0 Å². The van der Waals surface area contributed by atoms with Gasteiger partial charge in [-0.1, -0.05) is 41.7 Å². The molecule has 0 aliphatic rings. The molecule has 0 aliphatic carbocycles. The average Bonchev–Trinajstić information content (AvgIpc) is 2.11. The van der Waals surface area contributed by atoms with Crippen LogP contribution in [0, 0.1) is 0 Å². The first-order valence-electron chi connectivity index (χ1n) is 5.44. The summed E-state index contributed by atoms with van der Waals surface area (Å²) in [5.41, 5.74) is 0. The third-order valence-electron chi connectivity index (χ3n) is 1.89. The Hall–Kier alpha value is 1.24. The van der Waals surface area contributed by atoms with Crippen molar-refractivity contribution < 1.29 is 13.5 Å². The van der Waals surface area contributed by atoms with Gasteiger partial charge in [0, 0.05) is 6.16 Å². The molecule has 3 nitrogen and oxygen atoms in total. The Morgan fingerprint density at radius 3 is 1.94 bits per heavy atom. The van der Waals surface area contributed by atoms with Crippen LogP contribution in [0.2, 0.25) is 19.6 Å². The largest absolute Gasteiger partial charge is 0.402 e. The van der Waals surface area contributed by atoms with Gasteiger partial charge in [-0.05, 0) is 26.6 Å². The van der Waals surface area contributed by atoms with Gasteiger partial charge in [0.2, 0.25) is 11.2 Å². The minimum atomic E-state index is -3.11. The molecule has 2 atom stereocenters. The highest BCUT2D eigenvalue weighted by Gasteiger charge is 2.49. The Bertz CT molecular complexity index is 288. The van der Waals surface area contributed by atoms with Gasteiger partial charge >= 0.3 is 0 Å². The van der Waals surface area contributed by atoms with E-state index in [1.165, 1.54) is 0 Å². The van der Waals surface area contributed by atoms with Crippen molar-refractivity contribution in [1.82, 2.24) is 0 Å². The van der Waals surface area contributed by atoms with Crippen molar-refractivity contribution in [2.24, 2.45) is 0 Å². The second-order valence-corrected chi connectivity index (χ2v) is 14.2. The minimum absolute atomic E-state index is 0.282. The third-order valence-corrected chi connectivity index (χ3v) is 6.87. The van der Waals surface area contributed by atoms with E-state index in [0.717, 1.165) is 0 Å². The van der Waals surface area contributed by atoms with E-state index in [0.29, 0.717) is 6.61 Å². The minimum Gasteiger partial charge on any atom is -0.402 e. The quantitative estimate of drug-likeness (QED) is 0.393. The van der Waals surface area contributed by atoms with E-state index in [9.17, 15) is 4.57 Å².